The smallest absolute Gasteiger partial charge is 0.388 e. The van der Waals surface area contributed by atoms with Crippen molar-refractivity contribution >= 4 is 17.4 Å². The van der Waals surface area contributed by atoms with Gasteiger partial charge in [0.15, 0.2) is 0 Å². The van der Waals surface area contributed by atoms with Crippen LogP contribution in [0.5, 0.6) is 0 Å². The zero-order valence-electron chi connectivity index (χ0n) is 11.2. The molecule has 0 amide bonds. The number of halogens is 3. The number of hydrogen-bond acceptors (Lipinski definition) is 3. The summed E-state index contributed by atoms with van der Waals surface area (Å²) in [7, 11) is 0. The van der Waals surface area contributed by atoms with Crippen LogP contribution in [0.1, 0.15) is 24.0 Å². The van der Waals surface area contributed by atoms with Crippen LogP contribution in [0.4, 0.5) is 13.2 Å². The van der Waals surface area contributed by atoms with Gasteiger partial charge in [0, 0.05) is 5.38 Å². The van der Waals surface area contributed by atoms with Gasteiger partial charge in [0.05, 0.1) is 22.4 Å². The second kappa shape index (κ2) is 6.85. The molecule has 0 spiro atoms. The summed E-state index contributed by atoms with van der Waals surface area (Å²) < 4.78 is 37.4. The lowest BCUT2D eigenvalue weighted by Crippen LogP contribution is -2.12. The molecule has 20 heavy (non-hydrogen) atoms. The minimum atomic E-state index is -4.44. The van der Waals surface area contributed by atoms with Gasteiger partial charge in [0.2, 0.25) is 0 Å². The Hall–Kier alpha value is -1.40. The summed E-state index contributed by atoms with van der Waals surface area (Å²) >= 11 is 1.47. The molecule has 0 bridgehead atoms. The summed E-state index contributed by atoms with van der Waals surface area (Å²) in [4.78, 5) is 4.20. The number of thiazole rings is 1. The maximum Gasteiger partial charge on any atom is 0.416 e. The van der Waals surface area contributed by atoms with Crippen molar-refractivity contribution in [2.75, 3.05) is 0 Å². The number of aliphatic hydroxyl groups is 1. The van der Waals surface area contributed by atoms with Crippen molar-refractivity contribution in [2.45, 2.75) is 32.5 Å². The SMILES string of the molecule is C=CC(=CC[C@H](O)C(C)=Cc1csc(C)n1)C(F)(F)F. The first-order valence-corrected chi connectivity index (χ1v) is 6.80. The second-order valence-corrected chi connectivity index (χ2v) is 5.35. The van der Waals surface area contributed by atoms with Gasteiger partial charge < -0.3 is 5.11 Å². The molecule has 6 heteroatoms. The van der Waals surface area contributed by atoms with Crippen molar-refractivity contribution in [2.24, 2.45) is 0 Å². The molecule has 0 aromatic carbocycles. The normalized spacial score (nSPS) is 15.3. The van der Waals surface area contributed by atoms with Gasteiger partial charge >= 0.3 is 6.18 Å². The maximum atomic E-state index is 12.5. The first-order valence-electron chi connectivity index (χ1n) is 5.92. The lowest BCUT2D eigenvalue weighted by molar-refractivity contribution is -0.0884. The monoisotopic (exact) mass is 303 g/mol. The molecule has 0 radical (unpaired) electrons. The number of aryl methyl sites for hydroxylation is 1. The quantitative estimate of drug-likeness (QED) is 0.824. The molecule has 1 aromatic rings. The Morgan fingerprint density at radius 1 is 1.55 bits per heavy atom. The van der Waals surface area contributed by atoms with Crippen LogP contribution in [-0.4, -0.2) is 22.4 Å². The third-order valence-corrected chi connectivity index (χ3v) is 3.44. The Kier molecular flexibility index (Phi) is 5.71. The van der Waals surface area contributed by atoms with Crippen molar-refractivity contribution in [1.29, 1.82) is 0 Å². The van der Waals surface area contributed by atoms with Gasteiger partial charge in [0.1, 0.15) is 0 Å². The van der Waals surface area contributed by atoms with E-state index < -0.39 is 17.9 Å². The standard InChI is InChI=1S/C14H16F3NOS/c1-4-11(14(15,16)17)5-6-13(19)9(2)7-12-8-20-10(3)18-12/h4-5,7-8,13,19H,1,6H2,2-3H3/t13-/m0/s1. The third-order valence-electron chi connectivity index (χ3n) is 2.65. The van der Waals surface area contributed by atoms with Gasteiger partial charge in [-0.25, -0.2) is 4.98 Å². The average molecular weight is 303 g/mol. The predicted octanol–water partition coefficient (Wildman–Crippen LogP) is 4.28. The zero-order chi connectivity index (χ0) is 15.3. The lowest BCUT2D eigenvalue weighted by Gasteiger charge is -2.11. The highest BCUT2D eigenvalue weighted by atomic mass is 32.1. The number of aliphatic hydroxyl groups excluding tert-OH is 1. The van der Waals surface area contributed by atoms with E-state index in [2.05, 4.69) is 11.6 Å². The number of alkyl halides is 3. The number of nitrogens with zero attached hydrogens (tertiary/aromatic N) is 1. The zero-order valence-corrected chi connectivity index (χ0v) is 12.1. The topological polar surface area (TPSA) is 33.1 Å². The largest absolute Gasteiger partial charge is 0.416 e. The Morgan fingerprint density at radius 3 is 2.65 bits per heavy atom. The summed E-state index contributed by atoms with van der Waals surface area (Å²) in [6.07, 6.45) is -2.17. The molecule has 2 nitrogen and oxygen atoms in total. The van der Waals surface area contributed by atoms with Crippen molar-refractivity contribution in [3.8, 4) is 0 Å². The molecule has 110 valence electrons. The fourth-order valence-corrected chi connectivity index (χ4v) is 2.09. The van der Waals surface area contributed by atoms with Crippen molar-refractivity contribution in [1.82, 2.24) is 4.98 Å². The second-order valence-electron chi connectivity index (χ2n) is 4.29. The van der Waals surface area contributed by atoms with Gasteiger partial charge in [-0.3, -0.25) is 0 Å². The summed E-state index contributed by atoms with van der Waals surface area (Å²) in [5.74, 6) is 0. The number of rotatable bonds is 5. The molecule has 0 aliphatic carbocycles. The van der Waals surface area contributed by atoms with Crippen LogP contribution in [-0.2, 0) is 0 Å². The fourth-order valence-electron chi connectivity index (χ4n) is 1.52. The van der Waals surface area contributed by atoms with E-state index in [9.17, 15) is 18.3 Å². The van der Waals surface area contributed by atoms with E-state index in [1.807, 2.05) is 12.3 Å². The van der Waals surface area contributed by atoms with E-state index in [1.54, 1.807) is 13.0 Å². The van der Waals surface area contributed by atoms with E-state index in [1.165, 1.54) is 11.3 Å². The van der Waals surface area contributed by atoms with Crippen LogP contribution in [0.3, 0.4) is 0 Å². The van der Waals surface area contributed by atoms with Gasteiger partial charge in [-0.2, -0.15) is 13.2 Å². The van der Waals surface area contributed by atoms with Crippen LogP contribution < -0.4 is 0 Å². The van der Waals surface area contributed by atoms with Crippen LogP contribution in [0.25, 0.3) is 6.08 Å². The molecule has 0 aliphatic heterocycles. The maximum absolute atomic E-state index is 12.5. The molecule has 1 atom stereocenters. The van der Waals surface area contributed by atoms with E-state index in [0.29, 0.717) is 11.3 Å². The van der Waals surface area contributed by atoms with Crippen LogP contribution in [0, 0.1) is 6.92 Å². The summed E-state index contributed by atoms with van der Waals surface area (Å²) in [6.45, 7) is 6.65. The van der Waals surface area contributed by atoms with Crippen LogP contribution in [0.15, 0.2) is 35.3 Å². The van der Waals surface area contributed by atoms with E-state index in [-0.39, 0.29) is 6.42 Å². The molecule has 0 saturated carbocycles. The third kappa shape index (κ3) is 4.94. The molecule has 1 aromatic heterocycles. The number of allylic oxidation sites excluding steroid dienone is 2. The molecule has 1 heterocycles. The molecule has 0 aliphatic rings. The van der Waals surface area contributed by atoms with Gasteiger partial charge in [0.25, 0.3) is 0 Å². The average Bonchev–Trinajstić information content (AvgIpc) is 2.73. The Bertz CT molecular complexity index is 529. The number of hydrogen-bond donors (Lipinski definition) is 1. The Morgan fingerprint density at radius 2 is 2.20 bits per heavy atom. The van der Waals surface area contributed by atoms with Gasteiger partial charge in [-0.05, 0) is 31.9 Å². The molecular formula is C14H16F3NOS. The van der Waals surface area contributed by atoms with Gasteiger partial charge in [-0.15, -0.1) is 11.3 Å². The molecule has 1 N–H and O–H groups in total. The minimum absolute atomic E-state index is 0.119. The Labute approximate surface area is 120 Å². The predicted molar refractivity (Wildman–Crippen MR) is 75.5 cm³/mol. The molecule has 1 rings (SSSR count). The molecular weight excluding hydrogens is 287 g/mol. The summed E-state index contributed by atoms with van der Waals surface area (Å²) in [5, 5.41) is 12.6. The van der Waals surface area contributed by atoms with Crippen molar-refractivity contribution < 1.29 is 18.3 Å². The Balaban J connectivity index is 2.75. The van der Waals surface area contributed by atoms with Crippen molar-refractivity contribution in [3.05, 3.63) is 46.0 Å². The highest BCUT2D eigenvalue weighted by molar-refractivity contribution is 7.09. The van der Waals surface area contributed by atoms with Crippen molar-refractivity contribution in [3.63, 3.8) is 0 Å². The van der Waals surface area contributed by atoms with Crippen LogP contribution in [0.2, 0.25) is 0 Å². The van der Waals surface area contributed by atoms with Crippen LogP contribution >= 0.6 is 11.3 Å². The first-order chi connectivity index (χ1) is 9.24. The molecule has 0 saturated heterocycles. The molecule has 0 fully saturated rings. The number of aromatic nitrogens is 1. The lowest BCUT2D eigenvalue weighted by atomic mass is 10.1. The highest BCUT2D eigenvalue weighted by Crippen LogP contribution is 2.27. The fraction of sp³-hybridized carbons (Fsp3) is 0.357. The molecule has 0 unspecified atom stereocenters. The first kappa shape index (κ1) is 16.7. The minimum Gasteiger partial charge on any atom is -0.388 e. The van der Waals surface area contributed by atoms with E-state index in [4.69, 9.17) is 0 Å². The van der Waals surface area contributed by atoms with E-state index in [0.717, 1.165) is 17.2 Å². The summed E-state index contributed by atoms with van der Waals surface area (Å²) in [5.41, 5.74) is 0.429. The van der Waals surface area contributed by atoms with Gasteiger partial charge in [-0.1, -0.05) is 18.7 Å². The van der Waals surface area contributed by atoms with E-state index >= 15 is 0 Å². The summed E-state index contributed by atoms with van der Waals surface area (Å²) in [6, 6.07) is 0. The highest BCUT2D eigenvalue weighted by Gasteiger charge is 2.31.